The first-order chi connectivity index (χ1) is 8.20. The molecule has 1 heteroatoms. The minimum Gasteiger partial charge on any atom is -0.507 e. The molecule has 87 valence electrons. The number of benzene rings is 2. The van der Waals surface area contributed by atoms with E-state index in [0.717, 1.165) is 24.0 Å². The average molecular weight is 225 g/mol. The van der Waals surface area contributed by atoms with E-state index < -0.39 is 0 Å². The van der Waals surface area contributed by atoms with Crippen LogP contribution >= 0.6 is 0 Å². The quantitative estimate of drug-likeness (QED) is 0.845. The van der Waals surface area contributed by atoms with E-state index >= 15 is 0 Å². The molecule has 0 saturated carbocycles. The molecule has 0 atom stereocenters. The summed E-state index contributed by atoms with van der Waals surface area (Å²) >= 11 is 0. The van der Waals surface area contributed by atoms with E-state index in [2.05, 4.69) is 19.1 Å². The summed E-state index contributed by atoms with van der Waals surface area (Å²) < 4.78 is 0. The van der Waals surface area contributed by atoms with Crippen LogP contribution < -0.4 is 0 Å². The van der Waals surface area contributed by atoms with Crippen LogP contribution in [0.25, 0.3) is 0 Å². The first-order valence-corrected chi connectivity index (χ1v) is 5.85. The van der Waals surface area contributed by atoms with Gasteiger partial charge < -0.3 is 5.11 Å². The van der Waals surface area contributed by atoms with Crippen molar-refractivity contribution < 1.29 is 5.11 Å². The first-order valence-electron chi connectivity index (χ1n) is 5.85. The molecule has 2 aromatic rings. The maximum Gasteiger partial charge on any atom is 0.122 e. The highest BCUT2D eigenvalue weighted by Gasteiger charge is 2.07. The molecule has 1 radical (unpaired) electrons. The second-order valence-corrected chi connectivity index (χ2v) is 4.33. The van der Waals surface area contributed by atoms with Gasteiger partial charge in [-0.1, -0.05) is 42.5 Å². The molecule has 17 heavy (non-hydrogen) atoms. The molecule has 1 N–H and O–H groups in total. The zero-order valence-corrected chi connectivity index (χ0v) is 10.1. The molecule has 0 saturated heterocycles. The lowest BCUT2D eigenvalue weighted by Gasteiger charge is -2.10. The predicted octanol–water partition coefficient (Wildman–Crippen LogP) is 3.67. The largest absolute Gasteiger partial charge is 0.507 e. The van der Waals surface area contributed by atoms with Crippen molar-refractivity contribution in [2.75, 3.05) is 0 Å². The van der Waals surface area contributed by atoms with Gasteiger partial charge in [0.1, 0.15) is 5.75 Å². The molecule has 1 nitrogen and oxygen atoms in total. The molecule has 0 amide bonds. The van der Waals surface area contributed by atoms with Gasteiger partial charge in [-0.15, -0.1) is 0 Å². The molecule has 0 aromatic heterocycles. The first kappa shape index (κ1) is 11.7. The van der Waals surface area contributed by atoms with Crippen LogP contribution in [0.15, 0.2) is 42.5 Å². The third-order valence-corrected chi connectivity index (χ3v) is 2.97. The second-order valence-electron chi connectivity index (χ2n) is 4.33. The van der Waals surface area contributed by atoms with E-state index in [9.17, 15) is 5.11 Å². The highest BCUT2D eigenvalue weighted by Crippen LogP contribution is 2.26. The summed E-state index contributed by atoms with van der Waals surface area (Å²) in [5.74, 6) is 0.408. The number of aromatic hydroxyl groups is 1. The van der Waals surface area contributed by atoms with Gasteiger partial charge in [0.15, 0.2) is 0 Å². The van der Waals surface area contributed by atoms with Crippen LogP contribution in [0.2, 0.25) is 0 Å². The molecule has 0 heterocycles. The summed E-state index contributed by atoms with van der Waals surface area (Å²) in [4.78, 5) is 0. The lowest BCUT2D eigenvalue weighted by atomic mass is 9.98. The van der Waals surface area contributed by atoms with Gasteiger partial charge in [0.05, 0.1) is 0 Å². The number of phenols is 1. The van der Waals surface area contributed by atoms with Crippen molar-refractivity contribution in [3.63, 3.8) is 0 Å². The highest BCUT2D eigenvalue weighted by atomic mass is 16.3. The molecule has 0 spiro atoms. The fraction of sp³-hybridized carbons (Fsp3) is 0.188. The summed E-state index contributed by atoms with van der Waals surface area (Å²) in [6, 6.07) is 14.2. The Morgan fingerprint density at radius 1 is 1.06 bits per heavy atom. The Labute approximate surface area is 103 Å². The second kappa shape index (κ2) is 5.05. The van der Waals surface area contributed by atoms with Crippen molar-refractivity contribution in [3.8, 4) is 5.75 Å². The van der Waals surface area contributed by atoms with Crippen LogP contribution in [0.3, 0.4) is 0 Å². The van der Waals surface area contributed by atoms with Crippen molar-refractivity contribution in [3.05, 3.63) is 71.6 Å². The monoisotopic (exact) mass is 225 g/mol. The summed E-state index contributed by atoms with van der Waals surface area (Å²) in [5, 5.41) is 10.1. The Morgan fingerprint density at radius 2 is 1.76 bits per heavy atom. The Hall–Kier alpha value is -1.76. The minimum atomic E-state index is 0.408. The molecule has 0 bridgehead atoms. The summed E-state index contributed by atoms with van der Waals surface area (Å²) in [5.41, 5.74) is 4.29. The number of phenolic OH excluding ortho intramolecular Hbond substituents is 1. The zero-order valence-electron chi connectivity index (χ0n) is 10.1. The maximum absolute atomic E-state index is 10.1. The lowest BCUT2D eigenvalue weighted by Crippen LogP contribution is -1.93. The van der Waals surface area contributed by atoms with Crippen LogP contribution in [0, 0.1) is 13.8 Å². The number of rotatable bonds is 3. The van der Waals surface area contributed by atoms with E-state index in [1.165, 1.54) is 11.1 Å². The van der Waals surface area contributed by atoms with E-state index in [1.807, 2.05) is 37.3 Å². The number of aryl methyl sites for hydroxylation is 1. The lowest BCUT2D eigenvalue weighted by molar-refractivity contribution is 0.465. The van der Waals surface area contributed by atoms with Gasteiger partial charge in [0.25, 0.3) is 0 Å². The van der Waals surface area contributed by atoms with Gasteiger partial charge in [-0.05, 0) is 42.5 Å². The van der Waals surface area contributed by atoms with Crippen LogP contribution in [0.1, 0.15) is 22.3 Å². The molecule has 0 fully saturated rings. The van der Waals surface area contributed by atoms with Gasteiger partial charge in [-0.2, -0.15) is 0 Å². The minimum absolute atomic E-state index is 0.408. The van der Waals surface area contributed by atoms with Crippen molar-refractivity contribution in [1.29, 1.82) is 0 Å². The Kier molecular flexibility index (Phi) is 3.48. The number of hydrogen-bond acceptors (Lipinski definition) is 1. The van der Waals surface area contributed by atoms with Gasteiger partial charge in [-0.25, -0.2) is 0 Å². The van der Waals surface area contributed by atoms with E-state index in [1.54, 1.807) is 0 Å². The summed E-state index contributed by atoms with van der Waals surface area (Å²) in [6.07, 6.45) is 1.52. The Balaban J connectivity index is 2.35. The SMILES string of the molecule is [CH2]Cc1cc(C)c(O)c(Cc2ccccc2)c1. The van der Waals surface area contributed by atoms with Gasteiger partial charge in [0.2, 0.25) is 0 Å². The molecule has 2 rings (SSSR count). The highest BCUT2D eigenvalue weighted by molar-refractivity contribution is 5.45. The van der Waals surface area contributed by atoms with Crippen LogP contribution in [-0.2, 0) is 12.8 Å². The van der Waals surface area contributed by atoms with Gasteiger partial charge >= 0.3 is 0 Å². The van der Waals surface area contributed by atoms with Crippen molar-refractivity contribution in [2.24, 2.45) is 0 Å². The van der Waals surface area contributed by atoms with Crippen molar-refractivity contribution in [1.82, 2.24) is 0 Å². The molecular weight excluding hydrogens is 208 g/mol. The van der Waals surface area contributed by atoms with Crippen molar-refractivity contribution in [2.45, 2.75) is 19.8 Å². The van der Waals surface area contributed by atoms with E-state index in [0.29, 0.717) is 5.75 Å². The molecule has 0 aliphatic carbocycles. The zero-order chi connectivity index (χ0) is 12.3. The molecule has 0 aliphatic heterocycles. The maximum atomic E-state index is 10.1. The fourth-order valence-electron chi connectivity index (χ4n) is 2.03. The van der Waals surface area contributed by atoms with Crippen LogP contribution in [0.5, 0.6) is 5.75 Å². The summed E-state index contributed by atoms with van der Waals surface area (Å²) in [7, 11) is 0. The van der Waals surface area contributed by atoms with Crippen molar-refractivity contribution >= 4 is 0 Å². The Bertz CT molecular complexity index is 500. The van der Waals surface area contributed by atoms with Crippen LogP contribution in [-0.4, -0.2) is 5.11 Å². The van der Waals surface area contributed by atoms with Gasteiger partial charge in [0, 0.05) is 6.42 Å². The topological polar surface area (TPSA) is 20.2 Å². The molecule has 2 aromatic carbocycles. The third-order valence-electron chi connectivity index (χ3n) is 2.97. The standard InChI is InChI=1S/C16H17O/c1-3-13-9-12(2)16(17)15(10-13)11-14-7-5-4-6-8-14/h4-10,17H,1,3,11H2,2H3. The molecule has 0 unspecified atom stereocenters. The third kappa shape index (κ3) is 2.68. The van der Waals surface area contributed by atoms with E-state index in [4.69, 9.17) is 0 Å². The normalized spacial score (nSPS) is 10.5. The fourth-order valence-corrected chi connectivity index (χ4v) is 2.03. The molecule has 0 aliphatic rings. The molecular formula is C16H17O. The smallest absolute Gasteiger partial charge is 0.122 e. The van der Waals surface area contributed by atoms with Crippen LogP contribution in [0.4, 0.5) is 0 Å². The Morgan fingerprint density at radius 3 is 2.41 bits per heavy atom. The van der Waals surface area contributed by atoms with Gasteiger partial charge in [-0.3, -0.25) is 0 Å². The average Bonchev–Trinajstić information content (AvgIpc) is 2.36. The van der Waals surface area contributed by atoms with E-state index in [-0.39, 0.29) is 0 Å². The predicted molar refractivity (Wildman–Crippen MR) is 71.2 cm³/mol. The summed E-state index contributed by atoms with van der Waals surface area (Å²) in [6.45, 7) is 5.83. The number of hydrogen-bond donors (Lipinski definition) is 1.